The van der Waals surface area contributed by atoms with Gasteiger partial charge in [0.25, 0.3) is 0 Å². The van der Waals surface area contributed by atoms with Crippen molar-refractivity contribution in [2.45, 2.75) is 32.8 Å². The summed E-state index contributed by atoms with van der Waals surface area (Å²) < 4.78 is 15.2. The first kappa shape index (κ1) is 12.6. The Kier molecular flexibility index (Phi) is 4.00. The van der Waals surface area contributed by atoms with Crippen LogP contribution in [0.4, 0.5) is 0 Å². The molecule has 6 heteroatoms. The maximum absolute atomic E-state index is 11.3. The summed E-state index contributed by atoms with van der Waals surface area (Å²) >= 11 is 0. The van der Waals surface area contributed by atoms with Crippen molar-refractivity contribution in [3.05, 3.63) is 11.8 Å². The molecule has 1 rings (SSSR count). The van der Waals surface area contributed by atoms with E-state index in [1.54, 1.807) is 14.0 Å². The van der Waals surface area contributed by atoms with Crippen LogP contribution in [-0.4, -0.2) is 29.9 Å². The minimum absolute atomic E-state index is 0.145. The molecule has 0 saturated heterocycles. The maximum atomic E-state index is 11.3. The standard InChI is InChI=1S/C10H16N2O4/c1-5-10(3,14-4)9-12-11-7(16-9)8(13)15-6-2/h5-6H2,1-4H3. The van der Waals surface area contributed by atoms with Gasteiger partial charge >= 0.3 is 11.9 Å². The van der Waals surface area contributed by atoms with Gasteiger partial charge in [-0.25, -0.2) is 4.79 Å². The highest BCUT2D eigenvalue weighted by atomic mass is 16.6. The number of methoxy groups -OCH3 is 1. The number of carbonyl (C=O) groups excluding carboxylic acids is 1. The maximum Gasteiger partial charge on any atom is 0.396 e. The summed E-state index contributed by atoms with van der Waals surface area (Å²) in [6, 6.07) is 0. The van der Waals surface area contributed by atoms with Crippen molar-refractivity contribution in [1.29, 1.82) is 0 Å². The first-order valence-electron chi connectivity index (χ1n) is 5.13. The molecule has 0 aliphatic heterocycles. The highest BCUT2D eigenvalue weighted by molar-refractivity contribution is 5.83. The lowest BCUT2D eigenvalue weighted by molar-refractivity contribution is -0.0245. The molecule has 1 aromatic rings. The van der Waals surface area contributed by atoms with Crippen LogP contribution in [0.3, 0.4) is 0 Å². The molecule has 90 valence electrons. The molecule has 0 aliphatic rings. The number of hydrogen-bond acceptors (Lipinski definition) is 6. The largest absolute Gasteiger partial charge is 0.459 e. The predicted octanol–water partition coefficient (Wildman–Crippen LogP) is 1.52. The van der Waals surface area contributed by atoms with Gasteiger partial charge in [-0.2, -0.15) is 0 Å². The van der Waals surface area contributed by atoms with Crippen molar-refractivity contribution in [3.63, 3.8) is 0 Å². The van der Waals surface area contributed by atoms with E-state index in [1.165, 1.54) is 0 Å². The number of aromatic nitrogens is 2. The number of ether oxygens (including phenoxy) is 2. The first-order chi connectivity index (χ1) is 7.57. The van der Waals surface area contributed by atoms with E-state index in [9.17, 15) is 4.79 Å². The van der Waals surface area contributed by atoms with Gasteiger partial charge in [0.1, 0.15) is 5.60 Å². The molecule has 0 radical (unpaired) electrons. The van der Waals surface area contributed by atoms with Gasteiger partial charge in [0, 0.05) is 7.11 Å². The highest BCUT2D eigenvalue weighted by Gasteiger charge is 2.32. The number of hydrogen-bond donors (Lipinski definition) is 0. The topological polar surface area (TPSA) is 74.5 Å². The Bertz CT molecular complexity index is 357. The molecule has 1 unspecified atom stereocenters. The molecule has 16 heavy (non-hydrogen) atoms. The molecular weight excluding hydrogens is 212 g/mol. The van der Waals surface area contributed by atoms with Crippen molar-refractivity contribution in [1.82, 2.24) is 10.2 Å². The lowest BCUT2D eigenvalue weighted by Crippen LogP contribution is -2.23. The summed E-state index contributed by atoms with van der Waals surface area (Å²) in [6.07, 6.45) is 0.661. The van der Waals surface area contributed by atoms with E-state index in [2.05, 4.69) is 10.2 Å². The summed E-state index contributed by atoms with van der Waals surface area (Å²) in [5, 5.41) is 7.42. The smallest absolute Gasteiger partial charge is 0.396 e. The Morgan fingerprint density at radius 3 is 2.62 bits per heavy atom. The van der Waals surface area contributed by atoms with Crippen molar-refractivity contribution >= 4 is 5.97 Å². The minimum Gasteiger partial charge on any atom is -0.459 e. The van der Waals surface area contributed by atoms with E-state index in [0.717, 1.165) is 0 Å². The monoisotopic (exact) mass is 228 g/mol. The van der Waals surface area contributed by atoms with Gasteiger partial charge in [-0.1, -0.05) is 6.92 Å². The normalized spacial score (nSPS) is 14.5. The second-order valence-corrected chi connectivity index (χ2v) is 3.42. The van der Waals surface area contributed by atoms with Gasteiger partial charge in [-0.15, -0.1) is 10.2 Å². The second kappa shape index (κ2) is 5.07. The van der Waals surface area contributed by atoms with Crippen LogP contribution in [0.25, 0.3) is 0 Å². The fourth-order valence-electron chi connectivity index (χ4n) is 1.10. The zero-order valence-electron chi connectivity index (χ0n) is 9.94. The van der Waals surface area contributed by atoms with Crippen LogP contribution < -0.4 is 0 Å². The number of nitrogens with zero attached hydrogens (tertiary/aromatic N) is 2. The lowest BCUT2D eigenvalue weighted by Gasteiger charge is -2.21. The number of esters is 1. The molecular formula is C10H16N2O4. The van der Waals surface area contributed by atoms with E-state index in [0.29, 0.717) is 6.42 Å². The molecule has 1 atom stereocenters. The molecule has 0 aliphatic carbocycles. The SMILES string of the molecule is CCOC(=O)c1nnc(C(C)(CC)OC)o1. The fourth-order valence-corrected chi connectivity index (χ4v) is 1.10. The van der Waals surface area contributed by atoms with E-state index in [1.807, 2.05) is 13.8 Å². The molecule has 0 N–H and O–H groups in total. The van der Waals surface area contributed by atoms with Crippen LogP contribution in [0.1, 0.15) is 43.8 Å². The predicted molar refractivity (Wildman–Crippen MR) is 54.9 cm³/mol. The first-order valence-corrected chi connectivity index (χ1v) is 5.13. The lowest BCUT2D eigenvalue weighted by atomic mass is 10.0. The second-order valence-electron chi connectivity index (χ2n) is 3.42. The number of rotatable bonds is 5. The third-order valence-electron chi connectivity index (χ3n) is 2.45. The molecule has 0 aromatic carbocycles. The Balaban J connectivity index is 2.90. The van der Waals surface area contributed by atoms with E-state index < -0.39 is 11.6 Å². The fraction of sp³-hybridized carbons (Fsp3) is 0.700. The number of carbonyl (C=O) groups is 1. The van der Waals surface area contributed by atoms with E-state index >= 15 is 0 Å². The van der Waals surface area contributed by atoms with Crippen LogP contribution in [-0.2, 0) is 15.1 Å². The van der Waals surface area contributed by atoms with Crippen LogP contribution in [0, 0.1) is 0 Å². The van der Waals surface area contributed by atoms with Crippen molar-refractivity contribution < 1.29 is 18.7 Å². The zero-order chi connectivity index (χ0) is 12.2. The van der Waals surface area contributed by atoms with Crippen LogP contribution in [0.2, 0.25) is 0 Å². The third-order valence-corrected chi connectivity index (χ3v) is 2.45. The molecule has 1 heterocycles. The highest BCUT2D eigenvalue weighted by Crippen LogP contribution is 2.26. The van der Waals surface area contributed by atoms with Gasteiger partial charge in [-0.3, -0.25) is 0 Å². The third kappa shape index (κ3) is 2.38. The van der Waals surface area contributed by atoms with Gasteiger partial charge in [0.15, 0.2) is 0 Å². The average Bonchev–Trinajstić information content (AvgIpc) is 2.78. The Morgan fingerprint density at radius 1 is 1.44 bits per heavy atom. The average molecular weight is 228 g/mol. The van der Waals surface area contributed by atoms with Crippen molar-refractivity contribution in [2.75, 3.05) is 13.7 Å². The van der Waals surface area contributed by atoms with Gasteiger partial charge in [0.05, 0.1) is 6.61 Å². The van der Waals surface area contributed by atoms with E-state index in [-0.39, 0.29) is 18.4 Å². The van der Waals surface area contributed by atoms with Gasteiger partial charge < -0.3 is 13.9 Å². The Labute approximate surface area is 93.9 Å². The molecule has 0 fully saturated rings. The summed E-state index contributed by atoms with van der Waals surface area (Å²) in [4.78, 5) is 11.3. The van der Waals surface area contributed by atoms with E-state index in [4.69, 9.17) is 13.9 Å². The van der Waals surface area contributed by atoms with Crippen LogP contribution in [0.15, 0.2) is 4.42 Å². The van der Waals surface area contributed by atoms with Gasteiger partial charge in [-0.05, 0) is 20.3 Å². The molecule has 1 aromatic heterocycles. The van der Waals surface area contributed by atoms with Crippen molar-refractivity contribution in [2.24, 2.45) is 0 Å². The van der Waals surface area contributed by atoms with Crippen molar-refractivity contribution in [3.8, 4) is 0 Å². The van der Waals surface area contributed by atoms with Gasteiger partial charge in [0.2, 0.25) is 5.89 Å². The summed E-state index contributed by atoms with van der Waals surface area (Å²) in [5.41, 5.74) is -0.669. The summed E-state index contributed by atoms with van der Waals surface area (Å²) in [6.45, 7) is 5.72. The Hall–Kier alpha value is -1.43. The van der Waals surface area contributed by atoms with Crippen LogP contribution in [0.5, 0.6) is 0 Å². The molecule has 0 saturated carbocycles. The Morgan fingerprint density at radius 2 is 2.12 bits per heavy atom. The zero-order valence-corrected chi connectivity index (χ0v) is 9.94. The molecule has 0 bridgehead atoms. The minimum atomic E-state index is -0.669. The van der Waals surface area contributed by atoms with Crippen LogP contribution >= 0.6 is 0 Å². The molecule has 0 amide bonds. The molecule has 6 nitrogen and oxygen atoms in total. The quantitative estimate of drug-likeness (QED) is 0.711. The molecule has 0 spiro atoms. The summed E-state index contributed by atoms with van der Waals surface area (Å²) in [5.74, 6) is -0.482. The summed E-state index contributed by atoms with van der Waals surface area (Å²) in [7, 11) is 1.55.